The molecule has 1 aromatic carbocycles. The first-order valence-electron chi connectivity index (χ1n) is 7.34. The molecule has 3 rings (SSSR count). The highest BCUT2D eigenvalue weighted by Crippen LogP contribution is 2.24. The molecule has 118 valence electrons. The van der Waals surface area contributed by atoms with Gasteiger partial charge in [-0.05, 0) is 35.4 Å². The number of hydrogen-bond acceptors (Lipinski definition) is 4. The molecule has 1 saturated heterocycles. The minimum atomic E-state index is 0. The molecule has 5 heteroatoms. The molecule has 1 aromatic heterocycles. The first kappa shape index (κ1) is 16.7. The van der Waals surface area contributed by atoms with Gasteiger partial charge in [0.15, 0.2) is 0 Å². The fourth-order valence-electron chi connectivity index (χ4n) is 2.86. The summed E-state index contributed by atoms with van der Waals surface area (Å²) >= 11 is 0. The number of nitrogens with one attached hydrogen (secondary N) is 1. The standard InChI is InChI=1S/C17H21N3O.ClH/c1-21-16-4-2-3-14(11-16)13-20-10-9-19-12-17(20)15-5-7-18-8-6-15;/h2-8,11,17,19H,9-10,12-13H2,1H3;1H. The topological polar surface area (TPSA) is 37.4 Å². The van der Waals surface area contributed by atoms with E-state index in [1.807, 2.05) is 18.5 Å². The van der Waals surface area contributed by atoms with Gasteiger partial charge in [0.1, 0.15) is 5.75 Å². The minimum Gasteiger partial charge on any atom is -0.497 e. The van der Waals surface area contributed by atoms with Crippen molar-refractivity contribution in [1.82, 2.24) is 15.2 Å². The number of halogens is 1. The summed E-state index contributed by atoms with van der Waals surface area (Å²) in [6.07, 6.45) is 3.74. The van der Waals surface area contributed by atoms with Crippen molar-refractivity contribution in [1.29, 1.82) is 0 Å². The third kappa shape index (κ3) is 3.97. The van der Waals surface area contributed by atoms with E-state index in [-0.39, 0.29) is 12.4 Å². The number of methoxy groups -OCH3 is 1. The second-order valence-corrected chi connectivity index (χ2v) is 5.32. The van der Waals surface area contributed by atoms with Crippen LogP contribution in [0, 0.1) is 0 Å². The Kier molecular flexibility index (Phi) is 6.19. The maximum absolute atomic E-state index is 5.32. The smallest absolute Gasteiger partial charge is 0.119 e. The second-order valence-electron chi connectivity index (χ2n) is 5.32. The van der Waals surface area contributed by atoms with Crippen LogP contribution in [0.15, 0.2) is 48.8 Å². The molecule has 2 aromatic rings. The highest BCUT2D eigenvalue weighted by Gasteiger charge is 2.23. The van der Waals surface area contributed by atoms with E-state index in [2.05, 4.69) is 45.5 Å². The van der Waals surface area contributed by atoms with Gasteiger partial charge in [-0.3, -0.25) is 9.88 Å². The quantitative estimate of drug-likeness (QED) is 0.940. The Labute approximate surface area is 137 Å². The van der Waals surface area contributed by atoms with Crippen LogP contribution in [0.2, 0.25) is 0 Å². The summed E-state index contributed by atoms with van der Waals surface area (Å²) in [5.74, 6) is 0.920. The van der Waals surface area contributed by atoms with Crippen LogP contribution in [-0.2, 0) is 6.54 Å². The molecule has 0 amide bonds. The zero-order valence-electron chi connectivity index (χ0n) is 12.7. The summed E-state index contributed by atoms with van der Waals surface area (Å²) < 4.78 is 5.32. The predicted octanol–water partition coefficient (Wildman–Crippen LogP) is 2.66. The lowest BCUT2D eigenvalue weighted by molar-refractivity contribution is 0.153. The molecule has 1 atom stereocenters. The van der Waals surface area contributed by atoms with Gasteiger partial charge in [0.05, 0.1) is 7.11 Å². The number of hydrogen-bond donors (Lipinski definition) is 1. The number of nitrogens with zero attached hydrogens (tertiary/aromatic N) is 2. The van der Waals surface area contributed by atoms with Crippen LogP contribution >= 0.6 is 12.4 Å². The first-order chi connectivity index (χ1) is 10.4. The van der Waals surface area contributed by atoms with E-state index in [1.54, 1.807) is 7.11 Å². The Morgan fingerprint density at radius 2 is 2.09 bits per heavy atom. The second kappa shape index (κ2) is 8.13. The van der Waals surface area contributed by atoms with Crippen molar-refractivity contribution in [2.24, 2.45) is 0 Å². The predicted molar refractivity (Wildman–Crippen MR) is 90.5 cm³/mol. The zero-order valence-corrected chi connectivity index (χ0v) is 13.6. The fraction of sp³-hybridized carbons (Fsp3) is 0.353. The van der Waals surface area contributed by atoms with Crippen LogP contribution < -0.4 is 10.1 Å². The lowest BCUT2D eigenvalue weighted by Gasteiger charge is -2.36. The van der Waals surface area contributed by atoms with Gasteiger partial charge >= 0.3 is 0 Å². The van der Waals surface area contributed by atoms with Gasteiger partial charge in [0.25, 0.3) is 0 Å². The molecule has 0 spiro atoms. The Balaban J connectivity index is 0.00000176. The van der Waals surface area contributed by atoms with Crippen molar-refractivity contribution >= 4 is 12.4 Å². The van der Waals surface area contributed by atoms with Gasteiger partial charge in [-0.2, -0.15) is 0 Å². The van der Waals surface area contributed by atoms with Crippen molar-refractivity contribution in [2.75, 3.05) is 26.7 Å². The monoisotopic (exact) mass is 319 g/mol. The number of ether oxygens (including phenoxy) is 1. The van der Waals surface area contributed by atoms with E-state index in [4.69, 9.17) is 4.74 Å². The average molecular weight is 320 g/mol. The molecule has 1 unspecified atom stereocenters. The van der Waals surface area contributed by atoms with Gasteiger partial charge in [0, 0.05) is 44.6 Å². The van der Waals surface area contributed by atoms with Crippen LogP contribution in [-0.4, -0.2) is 36.6 Å². The van der Waals surface area contributed by atoms with Crippen LogP contribution in [0.4, 0.5) is 0 Å². The third-order valence-electron chi connectivity index (χ3n) is 3.96. The summed E-state index contributed by atoms with van der Waals surface area (Å²) in [5, 5.41) is 3.48. The summed E-state index contributed by atoms with van der Waals surface area (Å²) in [7, 11) is 1.71. The number of pyridine rings is 1. The fourth-order valence-corrected chi connectivity index (χ4v) is 2.86. The Morgan fingerprint density at radius 3 is 2.86 bits per heavy atom. The molecule has 4 nitrogen and oxygen atoms in total. The van der Waals surface area contributed by atoms with E-state index in [9.17, 15) is 0 Å². The number of benzene rings is 1. The number of aromatic nitrogens is 1. The molecule has 1 aliphatic rings. The molecule has 1 aliphatic heterocycles. The summed E-state index contributed by atoms with van der Waals surface area (Å²) in [5.41, 5.74) is 2.61. The van der Waals surface area contributed by atoms with E-state index in [1.165, 1.54) is 11.1 Å². The van der Waals surface area contributed by atoms with Crippen molar-refractivity contribution < 1.29 is 4.74 Å². The largest absolute Gasteiger partial charge is 0.497 e. The molecule has 0 saturated carbocycles. The molecule has 2 heterocycles. The van der Waals surface area contributed by atoms with Crippen molar-refractivity contribution in [3.8, 4) is 5.75 Å². The average Bonchev–Trinajstić information content (AvgIpc) is 2.56. The number of rotatable bonds is 4. The van der Waals surface area contributed by atoms with Gasteiger partial charge in [0.2, 0.25) is 0 Å². The van der Waals surface area contributed by atoms with Crippen LogP contribution in [0.5, 0.6) is 5.75 Å². The zero-order chi connectivity index (χ0) is 14.5. The van der Waals surface area contributed by atoms with Gasteiger partial charge < -0.3 is 10.1 Å². The Morgan fingerprint density at radius 1 is 1.27 bits per heavy atom. The molecular formula is C17H22ClN3O. The van der Waals surface area contributed by atoms with Crippen molar-refractivity contribution in [3.05, 3.63) is 59.9 Å². The van der Waals surface area contributed by atoms with Crippen molar-refractivity contribution in [2.45, 2.75) is 12.6 Å². The SMILES string of the molecule is COc1cccc(CN2CCNCC2c2ccncc2)c1.Cl. The molecular weight excluding hydrogens is 298 g/mol. The lowest BCUT2D eigenvalue weighted by atomic mass is 10.0. The first-order valence-corrected chi connectivity index (χ1v) is 7.34. The van der Waals surface area contributed by atoms with Gasteiger partial charge in [-0.15, -0.1) is 12.4 Å². The van der Waals surface area contributed by atoms with Crippen LogP contribution in [0.25, 0.3) is 0 Å². The molecule has 1 N–H and O–H groups in total. The maximum atomic E-state index is 5.32. The normalized spacial score (nSPS) is 18.5. The van der Waals surface area contributed by atoms with E-state index >= 15 is 0 Å². The van der Waals surface area contributed by atoms with E-state index in [0.29, 0.717) is 6.04 Å². The molecule has 0 radical (unpaired) electrons. The van der Waals surface area contributed by atoms with Crippen molar-refractivity contribution in [3.63, 3.8) is 0 Å². The molecule has 0 bridgehead atoms. The minimum absolute atomic E-state index is 0. The Bertz CT molecular complexity index is 579. The summed E-state index contributed by atoms with van der Waals surface area (Å²) in [6, 6.07) is 12.9. The lowest BCUT2D eigenvalue weighted by Crippen LogP contribution is -2.45. The maximum Gasteiger partial charge on any atom is 0.119 e. The summed E-state index contributed by atoms with van der Waals surface area (Å²) in [6.45, 7) is 4.00. The molecule has 0 aliphatic carbocycles. The summed E-state index contributed by atoms with van der Waals surface area (Å²) in [4.78, 5) is 6.63. The van der Waals surface area contributed by atoms with E-state index in [0.717, 1.165) is 31.9 Å². The van der Waals surface area contributed by atoms with Gasteiger partial charge in [-0.25, -0.2) is 0 Å². The van der Waals surface area contributed by atoms with E-state index < -0.39 is 0 Å². The highest BCUT2D eigenvalue weighted by molar-refractivity contribution is 5.85. The molecule has 1 fully saturated rings. The Hall–Kier alpha value is -1.62. The van der Waals surface area contributed by atoms with Crippen LogP contribution in [0.1, 0.15) is 17.2 Å². The third-order valence-corrected chi connectivity index (χ3v) is 3.96. The number of piperazine rings is 1. The molecule has 22 heavy (non-hydrogen) atoms. The van der Waals surface area contributed by atoms with Crippen LogP contribution in [0.3, 0.4) is 0 Å². The van der Waals surface area contributed by atoms with Gasteiger partial charge in [-0.1, -0.05) is 12.1 Å². The highest BCUT2D eigenvalue weighted by atomic mass is 35.5.